The molecule has 1 heterocycles. The summed E-state index contributed by atoms with van der Waals surface area (Å²) < 4.78 is 0. The maximum absolute atomic E-state index is 11.6. The summed E-state index contributed by atoms with van der Waals surface area (Å²) in [6.07, 6.45) is 2.35. The SMILES string of the molecule is CC1CCCN(CCNC(=O)NC(C)(C)C)C1CO. The van der Waals surface area contributed by atoms with Crippen molar-refractivity contribution >= 4 is 6.03 Å². The lowest BCUT2D eigenvalue weighted by Gasteiger charge is -2.39. The summed E-state index contributed by atoms with van der Waals surface area (Å²) in [4.78, 5) is 13.9. The number of hydrogen-bond acceptors (Lipinski definition) is 3. The smallest absolute Gasteiger partial charge is 0.315 e. The molecule has 112 valence electrons. The van der Waals surface area contributed by atoms with Crippen LogP contribution >= 0.6 is 0 Å². The number of amides is 2. The van der Waals surface area contributed by atoms with Crippen LogP contribution in [0.4, 0.5) is 4.79 Å². The summed E-state index contributed by atoms with van der Waals surface area (Å²) in [7, 11) is 0. The average molecular weight is 271 g/mol. The van der Waals surface area contributed by atoms with Crippen LogP contribution in [0.1, 0.15) is 40.5 Å². The minimum atomic E-state index is -0.211. The molecule has 0 saturated carbocycles. The monoisotopic (exact) mass is 271 g/mol. The van der Waals surface area contributed by atoms with Crippen LogP contribution in [0.3, 0.4) is 0 Å². The minimum Gasteiger partial charge on any atom is -0.395 e. The molecular weight excluding hydrogens is 242 g/mol. The first-order chi connectivity index (χ1) is 8.83. The Bertz CT molecular complexity index is 289. The molecule has 0 bridgehead atoms. The minimum absolute atomic E-state index is 0.127. The van der Waals surface area contributed by atoms with E-state index in [1.807, 2.05) is 20.8 Å². The van der Waals surface area contributed by atoms with Crippen molar-refractivity contribution in [1.29, 1.82) is 0 Å². The van der Waals surface area contributed by atoms with E-state index in [-0.39, 0.29) is 24.2 Å². The third-order valence-electron chi connectivity index (χ3n) is 3.59. The number of carbonyl (C=O) groups excluding carboxylic acids is 1. The van der Waals surface area contributed by atoms with Gasteiger partial charge in [-0.2, -0.15) is 0 Å². The quantitative estimate of drug-likeness (QED) is 0.719. The number of urea groups is 1. The molecule has 0 aliphatic carbocycles. The number of likely N-dealkylation sites (tertiary alicyclic amines) is 1. The third kappa shape index (κ3) is 5.78. The molecule has 2 amide bonds. The molecule has 1 aliphatic heterocycles. The fraction of sp³-hybridized carbons (Fsp3) is 0.929. The molecule has 1 fully saturated rings. The van der Waals surface area contributed by atoms with Crippen LogP contribution in [0.2, 0.25) is 0 Å². The molecule has 0 aromatic carbocycles. The molecule has 0 aromatic heterocycles. The molecule has 3 N–H and O–H groups in total. The van der Waals surface area contributed by atoms with Crippen LogP contribution in [-0.2, 0) is 0 Å². The summed E-state index contributed by atoms with van der Waals surface area (Å²) in [6.45, 7) is 10.7. The van der Waals surface area contributed by atoms with Gasteiger partial charge in [0.1, 0.15) is 0 Å². The Morgan fingerprint density at radius 3 is 2.68 bits per heavy atom. The second kappa shape index (κ2) is 7.10. The predicted molar refractivity (Wildman–Crippen MR) is 77.1 cm³/mol. The number of aliphatic hydroxyl groups is 1. The summed E-state index contributed by atoms with van der Waals surface area (Å²) in [5, 5.41) is 15.2. The number of nitrogens with zero attached hydrogens (tertiary/aromatic N) is 1. The molecule has 2 unspecified atom stereocenters. The Kier molecular flexibility index (Phi) is 6.07. The van der Waals surface area contributed by atoms with Crippen molar-refractivity contribution in [3.8, 4) is 0 Å². The number of aliphatic hydroxyl groups excluding tert-OH is 1. The molecule has 1 rings (SSSR count). The van der Waals surface area contributed by atoms with Crippen molar-refractivity contribution < 1.29 is 9.90 Å². The molecule has 0 radical (unpaired) electrons. The summed E-state index contributed by atoms with van der Waals surface area (Å²) in [6, 6.07) is 0.110. The van der Waals surface area contributed by atoms with Gasteiger partial charge in [0, 0.05) is 24.7 Å². The van der Waals surface area contributed by atoms with Crippen molar-refractivity contribution in [3.63, 3.8) is 0 Å². The van der Waals surface area contributed by atoms with E-state index in [4.69, 9.17) is 0 Å². The standard InChI is InChI=1S/C14H29N3O2/c1-11-6-5-8-17(12(11)10-18)9-7-15-13(19)16-14(2,3)4/h11-12,18H,5-10H2,1-4H3,(H2,15,16,19). The van der Waals surface area contributed by atoms with Crippen LogP contribution in [0, 0.1) is 5.92 Å². The molecular formula is C14H29N3O2. The highest BCUT2D eigenvalue weighted by Crippen LogP contribution is 2.22. The van der Waals surface area contributed by atoms with Gasteiger partial charge in [0.2, 0.25) is 0 Å². The number of carbonyl (C=O) groups is 1. The van der Waals surface area contributed by atoms with E-state index in [9.17, 15) is 9.90 Å². The lowest BCUT2D eigenvalue weighted by molar-refractivity contribution is 0.0543. The highest BCUT2D eigenvalue weighted by atomic mass is 16.3. The Morgan fingerprint density at radius 2 is 2.11 bits per heavy atom. The van der Waals surface area contributed by atoms with Gasteiger partial charge in [-0.15, -0.1) is 0 Å². The lowest BCUT2D eigenvalue weighted by atomic mass is 9.91. The average Bonchev–Trinajstić information content (AvgIpc) is 2.26. The topological polar surface area (TPSA) is 64.6 Å². The maximum atomic E-state index is 11.6. The zero-order chi connectivity index (χ0) is 14.5. The third-order valence-corrected chi connectivity index (χ3v) is 3.59. The number of hydrogen-bond donors (Lipinski definition) is 3. The highest BCUT2D eigenvalue weighted by Gasteiger charge is 2.27. The van der Waals surface area contributed by atoms with E-state index >= 15 is 0 Å². The van der Waals surface area contributed by atoms with E-state index in [2.05, 4.69) is 22.5 Å². The molecule has 5 nitrogen and oxygen atoms in total. The van der Waals surface area contributed by atoms with Gasteiger partial charge in [-0.25, -0.2) is 4.79 Å². The van der Waals surface area contributed by atoms with Crippen molar-refractivity contribution in [3.05, 3.63) is 0 Å². The largest absolute Gasteiger partial charge is 0.395 e. The van der Waals surface area contributed by atoms with Crippen LogP contribution in [0.15, 0.2) is 0 Å². The van der Waals surface area contributed by atoms with E-state index in [1.54, 1.807) is 0 Å². The van der Waals surface area contributed by atoms with E-state index in [0.29, 0.717) is 12.5 Å². The molecule has 0 spiro atoms. The van der Waals surface area contributed by atoms with E-state index < -0.39 is 0 Å². The second-order valence-electron chi connectivity index (χ2n) is 6.54. The van der Waals surface area contributed by atoms with Crippen molar-refractivity contribution in [1.82, 2.24) is 15.5 Å². The van der Waals surface area contributed by atoms with Crippen molar-refractivity contribution in [2.75, 3.05) is 26.2 Å². The predicted octanol–water partition coefficient (Wildman–Crippen LogP) is 1.18. The first-order valence-electron chi connectivity index (χ1n) is 7.24. The van der Waals surface area contributed by atoms with Gasteiger partial charge in [-0.3, -0.25) is 4.90 Å². The summed E-state index contributed by atoms with van der Waals surface area (Å²) >= 11 is 0. The van der Waals surface area contributed by atoms with Crippen LogP contribution < -0.4 is 10.6 Å². The number of rotatable bonds is 4. The molecule has 2 atom stereocenters. The first-order valence-corrected chi connectivity index (χ1v) is 7.24. The van der Waals surface area contributed by atoms with Crippen molar-refractivity contribution in [2.24, 2.45) is 5.92 Å². The summed E-state index contributed by atoms with van der Waals surface area (Å²) in [5.74, 6) is 0.530. The highest BCUT2D eigenvalue weighted by molar-refractivity contribution is 5.74. The van der Waals surface area contributed by atoms with Gasteiger partial charge in [-0.1, -0.05) is 6.92 Å². The second-order valence-corrected chi connectivity index (χ2v) is 6.54. The summed E-state index contributed by atoms with van der Waals surface area (Å²) in [5.41, 5.74) is -0.211. The number of nitrogens with one attached hydrogen (secondary N) is 2. The first kappa shape index (κ1) is 16.2. The fourth-order valence-electron chi connectivity index (χ4n) is 2.61. The van der Waals surface area contributed by atoms with Gasteiger partial charge >= 0.3 is 6.03 Å². The normalized spacial score (nSPS) is 25.1. The number of piperidine rings is 1. The molecule has 0 aromatic rings. The van der Waals surface area contributed by atoms with Crippen LogP contribution in [0.5, 0.6) is 0 Å². The Morgan fingerprint density at radius 1 is 1.42 bits per heavy atom. The fourth-order valence-corrected chi connectivity index (χ4v) is 2.61. The Balaban J connectivity index is 2.30. The van der Waals surface area contributed by atoms with Gasteiger partial charge in [0.05, 0.1) is 6.61 Å². The molecule has 1 saturated heterocycles. The molecule has 5 heteroatoms. The lowest BCUT2D eigenvalue weighted by Crippen LogP contribution is -2.51. The Hall–Kier alpha value is -0.810. The van der Waals surface area contributed by atoms with E-state index in [0.717, 1.165) is 13.1 Å². The Labute approximate surface area is 116 Å². The molecule has 1 aliphatic rings. The maximum Gasteiger partial charge on any atom is 0.315 e. The molecule has 19 heavy (non-hydrogen) atoms. The van der Waals surface area contributed by atoms with Gasteiger partial charge in [-0.05, 0) is 46.1 Å². The van der Waals surface area contributed by atoms with Gasteiger partial charge in [0.25, 0.3) is 0 Å². The van der Waals surface area contributed by atoms with E-state index in [1.165, 1.54) is 12.8 Å². The van der Waals surface area contributed by atoms with Crippen molar-refractivity contribution in [2.45, 2.75) is 52.1 Å². The van der Waals surface area contributed by atoms with Crippen LogP contribution in [0.25, 0.3) is 0 Å². The zero-order valence-corrected chi connectivity index (χ0v) is 12.7. The van der Waals surface area contributed by atoms with Gasteiger partial charge < -0.3 is 15.7 Å². The van der Waals surface area contributed by atoms with Gasteiger partial charge in [0.15, 0.2) is 0 Å². The zero-order valence-electron chi connectivity index (χ0n) is 12.7. The van der Waals surface area contributed by atoms with Crippen LogP contribution in [-0.4, -0.2) is 53.9 Å².